The molecule has 0 amide bonds. The Morgan fingerprint density at radius 2 is 1.90 bits per heavy atom. The van der Waals surface area contributed by atoms with Crippen LogP contribution < -0.4 is 0 Å². The molecule has 5 nitrogen and oxygen atoms in total. The maximum absolute atomic E-state index is 13.3. The van der Waals surface area contributed by atoms with E-state index in [0.29, 0.717) is 17.7 Å². The molecule has 1 saturated carbocycles. The van der Waals surface area contributed by atoms with Crippen molar-refractivity contribution >= 4 is 17.5 Å². The second-order valence-corrected chi connectivity index (χ2v) is 9.69. The monoisotopic (exact) mass is 409 g/mol. The lowest BCUT2D eigenvalue weighted by Gasteiger charge is -2.41. The summed E-state index contributed by atoms with van der Waals surface area (Å²) in [5.74, 6) is -0.963. The SMILES string of the molecule is CC1=C(C(=O)OC[C@H]2CCCO2)[C@@H](c2ccc(C)cc2)C2C(=O)CC(C)(C)CC2=N1. The predicted octanol–water partition coefficient (Wildman–Crippen LogP) is 4.53. The molecule has 2 fully saturated rings. The first-order valence-electron chi connectivity index (χ1n) is 10.9. The van der Waals surface area contributed by atoms with Crippen molar-refractivity contribution in [3.8, 4) is 0 Å². The third-order valence-corrected chi connectivity index (χ3v) is 6.44. The summed E-state index contributed by atoms with van der Waals surface area (Å²) in [4.78, 5) is 31.2. The number of aryl methyl sites for hydroxylation is 1. The Labute approximate surface area is 178 Å². The van der Waals surface area contributed by atoms with Gasteiger partial charge >= 0.3 is 5.97 Å². The van der Waals surface area contributed by atoms with Crippen LogP contribution in [0.4, 0.5) is 0 Å². The summed E-state index contributed by atoms with van der Waals surface area (Å²) in [6.45, 7) is 9.07. The van der Waals surface area contributed by atoms with Gasteiger partial charge in [0.05, 0.1) is 17.6 Å². The summed E-state index contributed by atoms with van der Waals surface area (Å²) in [7, 11) is 0. The first-order valence-corrected chi connectivity index (χ1v) is 10.9. The van der Waals surface area contributed by atoms with Crippen molar-refractivity contribution in [2.75, 3.05) is 13.2 Å². The van der Waals surface area contributed by atoms with Gasteiger partial charge in [-0.3, -0.25) is 9.79 Å². The number of ketones is 1. The van der Waals surface area contributed by atoms with E-state index in [9.17, 15) is 9.59 Å². The van der Waals surface area contributed by atoms with Gasteiger partial charge in [0.1, 0.15) is 12.4 Å². The molecule has 0 radical (unpaired) electrons. The molecule has 5 heteroatoms. The molecule has 30 heavy (non-hydrogen) atoms. The molecule has 2 aliphatic heterocycles. The fraction of sp³-hybridized carbons (Fsp3) is 0.560. The Bertz CT molecular complexity index is 904. The standard InChI is InChI=1S/C25H31NO4/c1-15-7-9-17(10-8-15)22-21(24(28)30-14-18-6-5-11-29-18)16(2)26-19-12-25(3,4)13-20(27)23(19)22/h7-10,18,22-23H,5-6,11-14H2,1-4H3/t18-,22-,23?/m1/s1. The van der Waals surface area contributed by atoms with Crippen LogP contribution >= 0.6 is 0 Å². The Kier molecular flexibility index (Phi) is 5.67. The lowest BCUT2D eigenvalue weighted by Crippen LogP contribution is -2.44. The van der Waals surface area contributed by atoms with Gasteiger partial charge in [0.25, 0.3) is 0 Å². The lowest BCUT2D eigenvalue weighted by atomic mass is 9.63. The van der Waals surface area contributed by atoms with Crippen LogP contribution in [-0.4, -0.2) is 36.8 Å². The van der Waals surface area contributed by atoms with E-state index < -0.39 is 5.92 Å². The van der Waals surface area contributed by atoms with Gasteiger partial charge < -0.3 is 9.47 Å². The lowest BCUT2D eigenvalue weighted by molar-refractivity contribution is -0.142. The highest BCUT2D eigenvalue weighted by molar-refractivity contribution is 6.12. The molecule has 1 saturated heterocycles. The van der Waals surface area contributed by atoms with Crippen LogP contribution in [0.2, 0.25) is 0 Å². The van der Waals surface area contributed by atoms with E-state index in [1.165, 1.54) is 0 Å². The summed E-state index contributed by atoms with van der Waals surface area (Å²) in [5, 5.41) is 0. The molecular formula is C25H31NO4. The molecule has 0 spiro atoms. The fourth-order valence-electron chi connectivity index (χ4n) is 5.01. The molecule has 2 heterocycles. The number of benzene rings is 1. The van der Waals surface area contributed by atoms with Gasteiger partial charge in [-0.05, 0) is 44.1 Å². The van der Waals surface area contributed by atoms with Gasteiger partial charge in [0, 0.05) is 30.4 Å². The molecule has 1 aromatic rings. The van der Waals surface area contributed by atoms with E-state index in [-0.39, 0.29) is 35.8 Å². The van der Waals surface area contributed by atoms with Crippen molar-refractivity contribution in [1.29, 1.82) is 0 Å². The minimum Gasteiger partial charge on any atom is -0.460 e. The molecule has 3 atom stereocenters. The number of ether oxygens (including phenoxy) is 2. The van der Waals surface area contributed by atoms with Crippen LogP contribution in [0.3, 0.4) is 0 Å². The molecule has 1 aliphatic carbocycles. The number of fused-ring (bicyclic) bond motifs is 1. The average Bonchev–Trinajstić information content (AvgIpc) is 3.18. The molecule has 1 aromatic carbocycles. The number of aliphatic imine (C=N–C) groups is 1. The van der Waals surface area contributed by atoms with Crippen LogP contribution in [-0.2, 0) is 19.1 Å². The number of Topliss-reactive ketones (excluding diaryl/α,β-unsaturated/α-hetero) is 1. The Balaban J connectivity index is 1.71. The predicted molar refractivity (Wildman–Crippen MR) is 116 cm³/mol. The summed E-state index contributed by atoms with van der Waals surface area (Å²) in [6.07, 6.45) is 3.13. The number of nitrogens with zero attached hydrogens (tertiary/aromatic N) is 1. The molecule has 1 unspecified atom stereocenters. The molecule has 0 aromatic heterocycles. The first kappa shape index (κ1) is 21.0. The zero-order chi connectivity index (χ0) is 21.5. The molecular weight excluding hydrogens is 378 g/mol. The van der Waals surface area contributed by atoms with Crippen LogP contribution in [0.5, 0.6) is 0 Å². The third-order valence-electron chi connectivity index (χ3n) is 6.44. The highest BCUT2D eigenvalue weighted by Crippen LogP contribution is 2.47. The van der Waals surface area contributed by atoms with Crippen molar-refractivity contribution in [1.82, 2.24) is 0 Å². The maximum Gasteiger partial charge on any atom is 0.336 e. The van der Waals surface area contributed by atoms with E-state index in [2.05, 4.69) is 13.8 Å². The van der Waals surface area contributed by atoms with Crippen molar-refractivity contribution in [2.24, 2.45) is 16.3 Å². The fourth-order valence-corrected chi connectivity index (χ4v) is 5.01. The summed E-state index contributed by atoms with van der Waals surface area (Å²) in [5.41, 5.74) is 4.07. The molecule has 4 rings (SSSR count). The maximum atomic E-state index is 13.3. The Morgan fingerprint density at radius 1 is 1.17 bits per heavy atom. The number of hydrogen-bond acceptors (Lipinski definition) is 5. The number of hydrogen-bond donors (Lipinski definition) is 0. The quantitative estimate of drug-likeness (QED) is 0.685. The van der Waals surface area contributed by atoms with E-state index >= 15 is 0 Å². The highest BCUT2D eigenvalue weighted by Gasteiger charge is 2.47. The van der Waals surface area contributed by atoms with Crippen molar-refractivity contribution in [2.45, 2.75) is 65.4 Å². The van der Waals surface area contributed by atoms with E-state index in [4.69, 9.17) is 14.5 Å². The van der Waals surface area contributed by atoms with Crippen LogP contribution in [0.1, 0.15) is 63.5 Å². The average molecular weight is 410 g/mol. The number of rotatable bonds is 4. The highest BCUT2D eigenvalue weighted by atomic mass is 16.6. The summed E-state index contributed by atoms with van der Waals surface area (Å²) in [6, 6.07) is 8.11. The Morgan fingerprint density at radius 3 is 2.57 bits per heavy atom. The van der Waals surface area contributed by atoms with E-state index in [1.54, 1.807) is 0 Å². The van der Waals surface area contributed by atoms with E-state index in [1.807, 2.05) is 38.1 Å². The molecule has 160 valence electrons. The normalized spacial score (nSPS) is 28.2. The second-order valence-electron chi connectivity index (χ2n) is 9.69. The third kappa shape index (κ3) is 4.13. The van der Waals surface area contributed by atoms with Gasteiger partial charge in [0.15, 0.2) is 0 Å². The van der Waals surface area contributed by atoms with Gasteiger partial charge in [-0.25, -0.2) is 4.79 Å². The minimum atomic E-state index is -0.394. The number of esters is 1. The van der Waals surface area contributed by atoms with Crippen molar-refractivity contribution < 1.29 is 19.1 Å². The number of carbonyl (C=O) groups is 2. The van der Waals surface area contributed by atoms with Crippen LogP contribution in [0, 0.1) is 18.3 Å². The summed E-state index contributed by atoms with van der Waals surface area (Å²) >= 11 is 0. The van der Waals surface area contributed by atoms with Gasteiger partial charge in [-0.1, -0.05) is 43.7 Å². The van der Waals surface area contributed by atoms with Gasteiger partial charge in [-0.2, -0.15) is 0 Å². The molecule has 0 N–H and O–H groups in total. The smallest absolute Gasteiger partial charge is 0.336 e. The van der Waals surface area contributed by atoms with Crippen LogP contribution in [0.25, 0.3) is 0 Å². The van der Waals surface area contributed by atoms with Crippen molar-refractivity contribution in [3.63, 3.8) is 0 Å². The zero-order valence-electron chi connectivity index (χ0n) is 18.4. The van der Waals surface area contributed by atoms with Gasteiger partial charge in [0.2, 0.25) is 0 Å². The van der Waals surface area contributed by atoms with E-state index in [0.717, 1.165) is 42.7 Å². The first-order chi connectivity index (χ1) is 14.2. The summed E-state index contributed by atoms with van der Waals surface area (Å²) < 4.78 is 11.3. The van der Waals surface area contributed by atoms with Crippen LogP contribution in [0.15, 0.2) is 40.5 Å². The molecule has 0 bridgehead atoms. The number of carbonyl (C=O) groups excluding carboxylic acids is 2. The topological polar surface area (TPSA) is 65.0 Å². The Hall–Kier alpha value is -2.27. The van der Waals surface area contributed by atoms with Gasteiger partial charge in [-0.15, -0.1) is 0 Å². The largest absolute Gasteiger partial charge is 0.460 e. The minimum absolute atomic E-state index is 0.0348. The second kappa shape index (κ2) is 8.10. The number of allylic oxidation sites excluding steroid dienone is 1. The molecule has 3 aliphatic rings. The van der Waals surface area contributed by atoms with Crippen molar-refractivity contribution in [3.05, 3.63) is 46.7 Å². The zero-order valence-corrected chi connectivity index (χ0v) is 18.4.